The molecular weight excluding hydrogens is 270 g/mol. The van der Waals surface area contributed by atoms with Crippen LogP contribution in [-0.4, -0.2) is 35.7 Å². The van der Waals surface area contributed by atoms with Crippen LogP contribution >= 0.6 is 0 Å². The van der Waals surface area contributed by atoms with Crippen molar-refractivity contribution >= 4 is 11.4 Å². The summed E-state index contributed by atoms with van der Waals surface area (Å²) >= 11 is 0. The Morgan fingerprint density at radius 3 is 2.71 bits per heavy atom. The molecule has 0 unspecified atom stereocenters. The first kappa shape index (κ1) is 11.3. The molecule has 21 heavy (non-hydrogen) atoms. The molecule has 1 aromatic carbocycles. The maximum absolute atomic E-state index is 12.5. The summed E-state index contributed by atoms with van der Waals surface area (Å²) in [6.07, 6.45) is 1.61. The number of aliphatic hydroxyl groups is 1. The minimum atomic E-state index is -0.258. The molecule has 1 N–H and O–H groups in total. The van der Waals surface area contributed by atoms with Gasteiger partial charge in [-0.3, -0.25) is 4.79 Å². The van der Waals surface area contributed by atoms with Crippen LogP contribution in [0.15, 0.2) is 29.2 Å². The molecule has 0 atom stereocenters. The number of ether oxygens (including phenoxy) is 2. The van der Waals surface area contributed by atoms with Gasteiger partial charge in [-0.1, -0.05) is 0 Å². The molecule has 4 aliphatic rings. The van der Waals surface area contributed by atoms with Crippen molar-refractivity contribution in [1.82, 2.24) is 4.90 Å². The molecule has 5 nitrogen and oxygen atoms in total. The molecule has 1 fully saturated rings. The topological polar surface area (TPSA) is 59.0 Å². The highest BCUT2D eigenvalue weighted by molar-refractivity contribution is 6.32. The highest BCUT2D eigenvalue weighted by Crippen LogP contribution is 2.47. The second kappa shape index (κ2) is 3.61. The van der Waals surface area contributed by atoms with E-state index < -0.39 is 0 Å². The normalized spacial score (nSPS) is 21.9. The first-order valence-electron chi connectivity index (χ1n) is 7.13. The molecule has 3 aliphatic heterocycles. The first-order chi connectivity index (χ1) is 10.2. The number of hydrogen-bond acceptors (Lipinski definition) is 5. The minimum absolute atomic E-state index is 0.0759. The van der Waals surface area contributed by atoms with Gasteiger partial charge in [-0.25, -0.2) is 0 Å². The second-order valence-electron chi connectivity index (χ2n) is 5.73. The number of fused-ring (bicyclic) bond motifs is 3. The minimum Gasteiger partial charge on any atom is -0.504 e. The Balaban J connectivity index is 1.79. The van der Waals surface area contributed by atoms with E-state index in [0.29, 0.717) is 11.3 Å². The first-order valence-corrected chi connectivity index (χ1v) is 7.13. The summed E-state index contributed by atoms with van der Waals surface area (Å²) in [4.78, 5) is 14.7. The smallest absolute Gasteiger partial charge is 0.231 e. The van der Waals surface area contributed by atoms with Crippen molar-refractivity contribution < 1.29 is 19.4 Å². The van der Waals surface area contributed by atoms with Crippen molar-refractivity contribution in [3.63, 3.8) is 0 Å². The number of nitrogens with zero attached hydrogens (tertiary/aromatic N) is 1. The standard InChI is InChI=1S/C16H13NO4/c18-15-9-2-4-17-3-1-8-5-11-12(21-7-20-11)6-10(8)13(14(9)17)16(15)19/h5-6H,1-4,7H2,(H,18,19). The number of carbonyl (C=O) groups is 1. The summed E-state index contributed by atoms with van der Waals surface area (Å²) in [5.74, 6) is 1.08. The Bertz CT molecular complexity index is 775. The van der Waals surface area contributed by atoms with Gasteiger partial charge < -0.3 is 19.5 Å². The van der Waals surface area contributed by atoms with Crippen LogP contribution in [0.4, 0.5) is 0 Å². The molecule has 5 heteroatoms. The van der Waals surface area contributed by atoms with Gasteiger partial charge in [0.15, 0.2) is 17.3 Å². The highest BCUT2D eigenvalue weighted by Gasteiger charge is 2.42. The Kier molecular flexibility index (Phi) is 1.93. The quantitative estimate of drug-likeness (QED) is 0.786. The lowest BCUT2D eigenvalue weighted by molar-refractivity contribution is -0.112. The molecule has 0 bridgehead atoms. The van der Waals surface area contributed by atoms with Crippen LogP contribution in [0, 0.1) is 0 Å². The predicted octanol–water partition coefficient (Wildman–Crippen LogP) is 1.78. The number of hydrogen-bond donors (Lipinski definition) is 1. The molecule has 0 radical (unpaired) electrons. The molecule has 0 amide bonds. The lowest BCUT2D eigenvalue weighted by Gasteiger charge is -2.17. The fourth-order valence-electron chi connectivity index (χ4n) is 3.72. The van der Waals surface area contributed by atoms with Gasteiger partial charge in [0.05, 0.1) is 11.3 Å². The average molecular weight is 283 g/mol. The van der Waals surface area contributed by atoms with E-state index >= 15 is 0 Å². The van der Waals surface area contributed by atoms with Crippen LogP contribution in [0.2, 0.25) is 0 Å². The van der Waals surface area contributed by atoms with Crippen molar-refractivity contribution in [1.29, 1.82) is 0 Å². The zero-order chi connectivity index (χ0) is 14.1. The number of benzene rings is 1. The zero-order valence-electron chi connectivity index (χ0n) is 11.3. The van der Waals surface area contributed by atoms with Gasteiger partial charge in [0.25, 0.3) is 0 Å². The Morgan fingerprint density at radius 2 is 1.86 bits per heavy atom. The van der Waals surface area contributed by atoms with Crippen LogP contribution in [0.3, 0.4) is 0 Å². The van der Waals surface area contributed by atoms with E-state index in [1.54, 1.807) is 0 Å². The molecule has 1 aromatic rings. The molecule has 106 valence electrons. The fraction of sp³-hybridized carbons (Fsp3) is 0.312. The van der Waals surface area contributed by atoms with Crippen molar-refractivity contribution in [3.05, 3.63) is 40.3 Å². The van der Waals surface area contributed by atoms with E-state index in [9.17, 15) is 9.90 Å². The molecule has 0 saturated carbocycles. The lowest BCUT2D eigenvalue weighted by atomic mass is 9.95. The number of aliphatic hydroxyl groups excluding tert-OH is 1. The molecule has 1 saturated heterocycles. The van der Waals surface area contributed by atoms with Gasteiger partial charge in [-0.2, -0.15) is 0 Å². The summed E-state index contributed by atoms with van der Waals surface area (Å²) in [5.41, 5.74) is 4.32. The zero-order valence-corrected chi connectivity index (χ0v) is 11.3. The summed E-state index contributed by atoms with van der Waals surface area (Å²) in [7, 11) is 0. The van der Waals surface area contributed by atoms with Crippen LogP contribution in [0.1, 0.15) is 17.5 Å². The average Bonchev–Trinajstić information content (AvgIpc) is 3.12. The lowest BCUT2D eigenvalue weighted by Crippen LogP contribution is -2.19. The maximum Gasteiger partial charge on any atom is 0.231 e. The van der Waals surface area contributed by atoms with Crippen molar-refractivity contribution in [2.24, 2.45) is 0 Å². The molecule has 3 heterocycles. The third kappa shape index (κ3) is 1.29. The van der Waals surface area contributed by atoms with Crippen LogP contribution in [0.5, 0.6) is 11.5 Å². The van der Waals surface area contributed by atoms with E-state index in [2.05, 4.69) is 4.90 Å². The summed E-state index contributed by atoms with van der Waals surface area (Å²) in [5, 5.41) is 10.1. The fourth-order valence-corrected chi connectivity index (χ4v) is 3.72. The predicted molar refractivity (Wildman–Crippen MR) is 74.0 cm³/mol. The largest absolute Gasteiger partial charge is 0.504 e. The van der Waals surface area contributed by atoms with Crippen LogP contribution in [-0.2, 0) is 11.2 Å². The van der Waals surface area contributed by atoms with Crippen LogP contribution < -0.4 is 9.47 Å². The summed E-state index contributed by atoms with van der Waals surface area (Å²) < 4.78 is 10.9. The third-order valence-electron chi connectivity index (χ3n) is 4.72. The number of ketones is 1. The maximum atomic E-state index is 12.5. The monoisotopic (exact) mass is 283 g/mol. The summed E-state index contributed by atoms with van der Waals surface area (Å²) in [6.45, 7) is 1.95. The van der Waals surface area contributed by atoms with E-state index in [0.717, 1.165) is 54.1 Å². The van der Waals surface area contributed by atoms with E-state index in [1.807, 2.05) is 12.1 Å². The number of rotatable bonds is 0. The van der Waals surface area contributed by atoms with Gasteiger partial charge >= 0.3 is 0 Å². The van der Waals surface area contributed by atoms with Gasteiger partial charge in [0.1, 0.15) is 0 Å². The molecular formula is C16H13NO4. The highest BCUT2D eigenvalue weighted by atomic mass is 16.7. The van der Waals surface area contributed by atoms with Crippen molar-refractivity contribution in [2.45, 2.75) is 12.8 Å². The van der Waals surface area contributed by atoms with Gasteiger partial charge in [-0.15, -0.1) is 0 Å². The van der Waals surface area contributed by atoms with Gasteiger partial charge in [-0.05, 0) is 36.1 Å². The van der Waals surface area contributed by atoms with Crippen molar-refractivity contribution in [2.75, 3.05) is 19.9 Å². The molecule has 0 aromatic heterocycles. The van der Waals surface area contributed by atoms with Crippen molar-refractivity contribution in [3.8, 4) is 11.5 Å². The van der Waals surface area contributed by atoms with E-state index in [1.165, 1.54) is 0 Å². The third-order valence-corrected chi connectivity index (χ3v) is 4.72. The number of Topliss-reactive ketones (excluding diaryl/α,β-unsaturated/α-hetero) is 1. The molecule has 5 rings (SSSR count). The number of carbonyl (C=O) groups excluding carboxylic acids is 1. The van der Waals surface area contributed by atoms with Gasteiger partial charge in [0, 0.05) is 18.7 Å². The Labute approximate surface area is 121 Å². The number of allylic oxidation sites excluding steroid dienone is 2. The van der Waals surface area contributed by atoms with Crippen LogP contribution in [0.25, 0.3) is 5.57 Å². The van der Waals surface area contributed by atoms with Gasteiger partial charge in [0.2, 0.25) is 12.6 Å². The summed E-state index contributed by atoms with van der Waals surface area (Å²) in [6, 6.07) is 3.85. The van der Waals surface area contributed by atoms with E-state index in [4.69, 9.17) is 9.47 Å². The molecule has 1 aliphatic carbocycles. The second-order valence-corrected chi connectivity index (χ2v) is 5.73. The Morgan fingerprint density at radius 1 is 1.10 bits per heavy atom. The SMILES string of the molecule is O=C1C(O)=C2CCN3CCc4cc5c(cc4C1=C23)OCO5. The Hall–Kier alpha value is -2.43. The molecule has 0 spiro atoms. The van der Waals surface area contributed by atoms with E-state index in [-0.39, 0.29) is 18.3 Å².